The molecule has 2 N–H and O–H groups in total. The second-order valence-electron chi connectivity index (χ2n) is 6.22. The van der Waals surface area contributed by atoms with Crippen molar-refractivity contribution in [1.82, 2.24) is 24.5 Å². The Hall–Kier alpha value is -3.46. The fraction of sp³-hybridized carbons (Fsp3) is 0.158. The highest BCUT2D eigenvalue weighted by atomic mass is 32.1. The van der Waals surface area contributed by atoms with E-state index in [9.17, 15) is 9.59 Å². The molecule has 0 radical (unpaired) electrons. The summed E-state index contributed by atoms with van der Waals surface area (Å²) in [5, 5.41) is 10.9. The van der Waals surface area contributed by atoms with E-state index in [-0.39, 0.29) is 11.7 Å². The Morgan fingerprint density at radius 1 is 1.21 bits per heavy atom. The predicted octanol–water partition coefficient (Wildman–Crippen LogP) is 2.63. The van der Waals surface area contributed by atoms with Crippen molar-refractivity contribution in [2.75, 3.05) is 5.32 Å². The number of urea groups is 1. The number of nitrogens with one attached hydrogen (secondary N) is 2. The Morgan fingerprint density at radius 3 is 2.89 bits per heavy atom. The molecule has 0 unspecified atom stereocenters. The van der Waals surface area contributed by atoms with Gasteiger partial charge in [0.15, 0.2) is 5.65 Å². The van der Waals surface area contributed by atoms with E-state index in [1.54, 1.807) is 41.9 Å². The van der Waals surface area contributed by atoms with Gasteiger partial charge in [-0.2, -0.15) is 0 Å². The Balaban J connectivity index is 1.43. The van der Waals surface area contributed by atoms with Gasteiger partial charge in [-0.05, 0) is 36.8 Å². The molecule has 0 saturated heterocycles. The Kier molecular flexibility index (Phi) is 4.90. The number of nitrogens with zero attached hydrogens (tertiary/aromatic N) is 4. The van der Waals surface area contributed by atoms with Crippen LogP contribution in [0.15, 0.2) is 59.7 Å². The first-order valence-corrected chi connectivity index (χ1v) is 9.49. The van der Waals surface area contributed by atoms with E-state index in [2.05, 4.69) is 20.7 Å². The third-order valence-corrected chi connectivity index (χ3v) is 5.01. The van der Waals surface area contributed by atoms with Crippen LogP contribution in [0.2, 0.25) is 0 Å². The first-order valence-electron chi connectivity index (χ1n) is 8.68. The number of carbonyl (C=O) groups is 1. The Labute approximate surface area is 164 Å². The average Bonchev–Trinajstić information content (AvgIpc) is 3.24. The number of aromatic nitrogens is 4. The molecule has 2 amide bonds. The summed E-state index contributed by atoms with van der Waals surface area (Å²) in [6.45, 7) is 2.67. The number of aryl methyl sites for hydroxylation is 1. The van der Waals surface area contributed by atoms with E-state index in [1.807, 2.05) is 31.2 Å². The molecule has 0 saturated carbocycles. The maximum Gasteiger partial charge on any atom is 0.350 e. The molecule has 0 aliphatic carbocycles. The second-order valence-corrected chi connectivity index (χ2v) is 7.54. The van der Waals surface area contributed by atoms with Gasteiger partial charge in [0.05, 0.1) is 18.1 Å². The second kappa shape index (κ2) is 7.65. The van der Waals surface area contributed by atoms with E-state index < -0.39 is 0 Å². The molecular formula is C19H18N6O2S. The fourth-order valence-corrected chi connectivity index (χ4v) is 3.56. The van der Waals surface area contributed by atoms with Gasteiger partial charge < -0.3 is 10.6 Å². The zero-order chi connectivity index (χ0) is 19.5. The third-order valence-electron chi connectivity index (χ3n) is 4.10. The van der Waals surface area contributed by atoms with E-state index in [0.29, 0.717) is 24.4 Å². The number of hydrogen-bond donors (Lipinski definition) is 2. The van der Waals surface area contributed by atoms with E-state index in [4.69, 9.17) is 0 Å². The number of rotatable bonds is 5. The molecule has 28 heavy (non-hydrogen) atoms. The lowest BCUT2D eigenvalue weighted by Crippen LogP contribution is -2.28. The largest absolute Gasteiger partial charge is 0.350 e. The first-order chi connectivity index (χ1) is 13.6. The SMILES string of the molecule is Cc1ncc(CNC(=O)Nc2cccc(Cn3nc4ccccn4c3=O)c2)s1. The van der Waals surface area contributed by atoms with Gasteiger partial charge in [0, 0.05) is 23.0 Å². The van der Waals surface area contributed by atoms with Gasteiger partial charge >= 0.3 is 11.7 Å². The van der Waals surface area contributed by atoms with Gasteiger partial charge in [0.1, 0.15) is 0 Å². The zero-order valence-corrected chi connectivity index (χ0v) is 15.9. The van der Waals surface area contributed by atoms with Crippen molar-refractivity contribution in [2.45, 2.75) is 20.0 Å². The van der Waals surface area contributed by atoms with Crippen molar-refractivity contribution in [1.29, 1.82) is 0 Å². The molecule has 0 spiro atoms. The lowest BCUT2D eigenvalue weighted by atomic mass is 10.2. The summed E-state index contributed by atoms with van der Waals surface area (Å²) < 4.78 is 2.90. The average molecular weight is 394 g/mol. The van der Waals surface area contributed by atoms with Gasteiger partial charge in [0.25, 0.3) is 0 Å². The predicted molar refractivity (Wildman–Crippen MR) is 108 cm³/mol. The number of hydrogen-bond acceptors (Lipinski definition) is 5. The number of pyridine rings is 1. The van der Waals surface area contributed by atoms with Crippen LogP contribution in [-0.4, -0.2) is 25.2 Å². The summed E-state index contributed by atoms with van der Waals surface area (Å²) in [6, 6.07) is 12.5. The number of carbonyl (C=O) groups excluding carboxylic acids is 1. The standard InChI is InChI=1S/C19H18N6O2S/c1-13-20-10-16(28-13)11-21-18(26)22-15-6-4-5-14(9-15)12-25-19(27)24-8-3-2-7-17(24)23-25/h2-10H,11-12H2,1H3,(H2,21,22,26). The van der Waals surface area contributed by atoms with Gasteiger partial charge in [-0.3, -0.25) is 4.40 Å². The van der Waals surface area contributed by atoms with Crippen molar-refractivity contribution in [3.63, 3.8) is 0 Å². The zero-order valence-electron chi connectivity index (χ0n) is 15.1. The van der Waals surface area contributed by atoms with Crippen molar-refractivity contribution in [3.05, 3.63) is 80.8 Å². The molecule has 8 nitrogen and oxygen atoms in total. The number of thiazole rings is 1. The van der Waals surface area contributed by atoms with Crippen LogP contribution in [0.25, 0.3) is 5.65 Å². The maximum atomic E-state index is 12.4. The van der Waals surface area contributed by atoms with Crippen LogP contribution < -0.4 is 16.3 Å². The number of fused-ring (bicyclic) bond motifs is 1. The highest BCUT2D eigenvalue weighted by Gasteiger charge is 2.08. The Bertz CT molecular complexity index is 1190. The number of benzene rings is 1. The Morgan fingerprint density at radius 2 is 2.11 bits per heavy atom. The molecule has 4 rings (SSSR count). The van der Waals surface area contributed by atoms with E-state index >= 15 is 0 Å². The minimum absolute atomic E-state index is 0.202. The number of amides is 2. The smallest absolute Gasteiger partial charge is 0.333 e. The first kappa shape index (κ1) is 17.9. The molecule has 1 aromatic carbocycles. The topological polar surface area (TPSA) is 93.3 Å². The van der Waals surface area contributed by atoms with Crippen molar-refractivity contribution in [3.8, 4) is 0 Å². The molecule has 3 aromatic heterocycles. The van der Waals surface area contributed by atoms with Crippen LogP contribution in [0.5, 0.6) is 0 Å². The number of anilines is 1. The molecule has 0 atom stereocenters. The van der Waals surface area contributed by atoms with Gasteiger partial charge in [-0.1, -0.05) is 18.2 Å². The van der Waals surface area contributed by atoms with Crippen LogP contribution in [-0.2, 0) is 13.1 Å². The summed E-state index contributed by atoms with van der Waals surface area (Å²) >= 11 is 1.55. The van der Waals surface area contributed by atoms with Crippen LogP contribution >= 0.6 is 11.3 Å². The molecule has 0 aliphatic rings. The molecule has 4 aromatic rings. The highest BCUT2D eigenvalue weighted by molar-refractivity contribution is 7.11. The minimum Gasteiger partial charge on any atom is -0.333 e. The van der Waals surface area contributed by atoms with Crippen LogP contribution in [0.3, 0.4) is 0 Å². The van der Waals surface area contributed by atoms with Crippen LogP contribution in [0, 0.1) is 6.92 Å². The normalized spacial score (nSPS) is 10.9. The quantitative estimate of drug-likeness (QED) is 0.544. The van der Waals surface area contributed by atoms with Crippen LogP contribution in [0.1, 0.15) is 15.4 Å². The van der Waals surface area contributed by atoms with Crippen molar-refractivity contribution < 1.29 is 4.79 Å². The molecule has 142 valence electrons. The summed E-state index contributed by atoms with van der Waals surface area (Å²) in [4.78, 5) is 29.7. The van der Waals surface area contributed by atoms with Gasteiger partial charge in [-0.25, -0.2) is 19.3 Å². The lowest BCUT2D eigenvalue weighted by molar-refractivity contribution is 0.252. The van der Waals surface area contributed by atoms with Crippen molar-refractivity contribution in [2.24, 2.45) is 0 Å². The highest BCUT2D eigenvalue weighted by Crippen LogP contribution is 2.13. The van der Waals surface area contributed by atoms with Gasteiger partial charge in [0.2, 0.25) is 0 Å². The third kappa shape index (κ3) is 3.94. The monoisotopic (exact) mass is 394 g/mol. The molecule has 9 heteroatoms. The summed E-state index contributed by atoms with van der Waals surface area (Å²) in [5.41, 5.74) is 1.90. The van der Waals surface area contributed by atoms with Crippen molar-refractivity contribution >= 4 is 28.7 Å². The summed E-state index contributed by atoms with van der Waals surface area (Å²) in [7, 11) is 0. The van der Waals surface area contributed by atoms with E-state index in [0.717, 1.165) is 15.4 Å². The fourth-order valence-electron chi connectivity index (χ4n) is 2.82. The minimum atomic E-state index is -0.298. The van der Waals surface area contributed by atoms with Gasteiger partial charge in [-0.15, -0.1) is 16.4 Å². The molecular weight excluding hydrogens is 376 g/mol. The molecule has 0 bridgehead atoms. The summed E-state index contributed by atoms with van der Waals surface area (Å²) in [6.07, 6.45) is 3.45. The summed E-state index contributed by atoms with van der Waals surface area (Å²) in [5.74, 6) is 0. The lowest BCUT2D eigenvalue weighted by Gasteiger charge is -2.08. The molecule has 0 fully saturated rings. The molecule has 3 heterocycles. The van der Waals surface area contributed by atoms with Crippen LogP contribution in [0.4, 0.5) is 10.5 Å². The van der Waals surface area contributed by atoms with E-state index in [1.165, 1.54) is 9.08 Å². The molecule has 0 aliphatic heterocycles. The maximum absolute atomic E-state index is 12.4.